The highest BCUT2D eigenvalue weighted by Crippen LogP contribution is 2.32. The maximum atomic E-state index is 12.2. The molecule has 2 heterocycles. The summed E-state index contributed by atoms with van der Waals surface area (Å²) in [4.78, 5) is 16.9. The van der Waals surface area contributed by atoms with E-state index in [9.17, 15) is 18.5 Å². The van der Waals surface area contributed by atoms with Gasteiger partial charge in [0, 0.05) is 11.7 Å². The lowest BCUT2D eigenvalue weighted by molar-refractivity contribution is -0.119. The molecule has 1 N–H and O–H groups in total. The van der Waals surface area contributed by atoms with Gasteiger partial charge in [-0.3, -0.25) is 4.79 Å². The van der Waals surface area contributed by atoms with Gasteiger partial charge in [0.25, 0.3) is 0 Å². The molecular weight excluding hydrogens is 370 g/mol. The summed E-state index contributed by atoms with van der Waals surface area (Å²) in [6, 6.07) is 1.99. The van der Waals surface area contributed by atoms with Crippen LogP contribution in [-0.2, 0) is 33.9 Å². The molecule has 0 spiro atoms. The molecule has 1 aromatic heterocycles. The summed E-state index contributed by atoms with van der Waals surface area (Å²) in [6.07, 6.45) is 5.36. The summed E-state index contributed by atoms with van der Waals surface area (Å²) in [5.41, 5.74) is 3.97. The van der Waals surface area contributed by atoms with Crippen molar-refractivity contribution < 1.29 is 13.2 Å². The Balaban J connectivity index is 1.71. The maximum Gasteiger partial charge on any atom is 0.230 e. The molecule has 2 aliphatic rings. The average molecular weight is 394 g/mol. The Kier molecular flexibility index (Phi) is 5.88. The number of pyridine rings is 1. The number of aryl methyl sites for hydroxylation is 1. The number of hydrogen-bond donors (Lipinski definition) is 1. The Morgan fingerprint density at radius 1 is 1.35 bits per heavy atom. The van der Waals surface area contributed by atoms with E-state index >= 15 is 0 Å². The Morgan fingerprint density at radius 2 is 2.08 bits per heavy atom. The number of carbonyl (C=O) groups is 1. The Labute approximate surface area is 158 Å². The van der Waals surface area contributed by atoms with Gasteiger partial charge in [-0.2, -0.15) is 5.26 Å². The smallest absolute Gasteiger partial charge is 0.230 e. The van der Waals surface area contributed by atoms with Gasteiger partial charge in [0.1, 0.15) is 11.1 Å². The van der Waals surface area contributed by atoms with Gasteiger partial charge in [-0.25, -0.2) is 13.4 Å². The molecule has 1 fully saturated rings. The fourth-order valence-electron chi connectivity index (χ4n) is 3.70. The van der Waals surface area contributed by atoms with Crippen molar-refractivity contribution in [1.29, 1.82) is 5.26 Å². The molecule has 1 atom stereocenters. The molecule has 1 aromatic rings. The summed E-state index contributed by atoms with van der Waals surface area (Å²) >= 11 is 1.27. The highest BCUT2D eigenvalue weighted by atomic mass is 32.2. The molecule has 0 saturated carbocycles. The van der Waals surface area contributed by atoms with Crippen LogP contribution in [0, 0.1) is 11.3 Å². The second-order valence-electron chi connectivity index (χ2n) is 6.82. The highest BCUT2D eigenvalue weighted by Gasteiger charge is 2.29. The third-order valence-electron chi connectivity index (χ3n) is 4.95. The van der Waals surface area contributed by atoms with Gasteiger partial charge in [0.05, 0.1) is 22.8 Å². The van der Waals surface area contributed by atoms with Crippen LogP contribution in [0.5, 0.6) is 0 Å². The number of nitriles is 1. The van der Waals surface area contributed by atoms with Crippen LogP contribution in [0.1, 0.15) is 48.6 Å². The van der Waals surface area contributed by atoms with Crippen molar-refractivity contribution in [3.63, 3.8) is 0 Å². The van der Waals surface area contributed by atoms with Crippen LogP contribution in [0.3, 0.4) is 0 Å². The Morgan fingerprint density at radius 3 is 2.69 bits per heavy atom. The molecule has 0 bridgehead atoms. The van der Waals surface area contributed by atoms with Gasteiger partial charge >= 0.3 is 0 Å². The number of carbonyl (C=O) groups excluding carboxylic acids is 1. The van der Waals surface area contributed by atoms with Crippen LogP contribution in [0.25, 0.3) is 0 Å². The van der Waals surface area contributed by atoms with Crippen molar-refractivity contribution >= 4 is 27.5 Å². The van der Waals surface area contributed by atoms with Crippen LogP contribution in [0.2, 0.25) is 0 Å². The summed E-state index contributed by atoms with van der Waals surface area (Å²) in [7, 11) is -3.02. The van der Waals surface area contributed by atoms with Crippen molar-refractivity contribution in [2.24, 2.45) is 0 Å². The van der Waals surface area contributed by atoms with Crippen molar-refractivity contribution in [3.8, 4) is 6.07 Å². The third-order valence-corrected chi connectivity index (χ3v) is 7.70. The molecule has 0 unspecified atom stereocenters. The second kappa shape index (κ2) is 7.97. The second-order valence-corrected chi connectivity index (χ2v) is 10.0. The van der Waals surface area contributed by atoms with Crippen molar-refractivity contribution in [2.45, 2.75) is 56.5 Å². The third kappa shape index (κ3) is 4.21. The molecule has 3 rings (SSSR count). The fraction of sp³-hybridized carbons (Fsp3) is 0.611. The van der Waals surface area contributed by atoms with E-state index in [1.807, 2.05) is 0 Å². The number of fused-ring (bicyclic) bond motifs is 1. The fourth-order valence-corrected chi connectivity index (χ4v) is 6.21. The minimum atomic E-state index is -3.02. The first kappa shape index (κ1) is 19.2. The van der Waals surface area contributed by atoms with E-state index in [4.69, 9.17) is 0 Å². The first-order valence-electron chi connectivity index (χ1n) is 9.00. The van der Waals surface area contributed by atoms with E-state index in [0.717, 1.165) is 43.4 Å². The molecule has 1 aliphatic carbocycles. The summed E-state index contributed by atoms with van der Waals surface area (Å²) in [6.45, 7) is 2.06. The zero-order chi connectivity index (χ0) is 18.7. The minimum Gasteiger partial charge on any atom is -0.352 e. The minimum absolute atomic E-state index is 0.0178. The van der Waals surface area contributed by atoms with E-state index in [0.29, 0.717) is 17.0 Å². The van der Waals surface area contributed by atoms with Crippen LogP contribution in [-0.4, -0.2) is 42.6 Å². The van der Waals surface area contributed by atoms with Crippen LogP contribution in [0.15, 0.2) is 5.03 Å². The van der Waals surface area contributed by atoms with Gasteiger partial charge in [0.2, 0.25) is 5.91 Å². The van der Waals surface area contributed by atoms with E-state index in [1.165, 1.54) is 17.3 Å². The first-order chi connectivity index (χ1) is 12.4. The Hall–Kier alpha value is -1.59. The molecule has 1 amide bonds. The monoisotopic (exact) mass is 393 g/mol. The highest BCUT2D eigenvalue weighted by molar-refractivity contribution is 8.00. The lowest BCUT2D eigenvalue weighted by Gasteiger charge is -2.21. The Bertz CT molecular complexity index is 859. The SMILES string of the molecule is CCc1nc(SCC(=O)N[C@H]2CCS(=O)(=O)C2)c(C#N)c2c1CCCC2. The zero-order valence-corrected chi connectivity index (χ0v) is 16.5. The topological polar surface area (TPSA) is 99.9 Å². The van der Waals surface area contributed by atoms with Crippen molar-refractivity contribution in [3.05, 3.63) is 22.4 Å². The van der Waals surface area contributed by atoms with Gasteiger partial charge in [-0.15, -0.1) is 0 Å². The molecule has 8 heteroatoms. The standard InChI is InChI=1S/C18H23N3O3S2/c1-2-16-14-6-4-3-5-13(14)15(9-19)18(21-16)25-10-17(22)20-12-7-8-26(23,24)11-12/h12H,2-8,10-11H2,1H3,(H,20,22)/t12-/m0/s1. The zero-order valence-electron chi connectivity index (χ0n) is 14.9. The molecular formula is C18H23N3O3S2. The van der Waals surface area contributed by atoms with Gasteiger partial charge < -0.3 is 5.32 Å². The number of amides is 1. The van der Waals surface area contributed by atoms with E-state index in [-0.39, 0.29) is 29.2 Å². The number of nitrogens with zero attached hydrogens (tertiary/aromatic N) is 2. The average Bonchev–Trinajstić information content (AvgIpc) is 2.97. The van der Waals surface area contributed by atoms with E-state index in [1.54, 1.807) is 0 Å². The predicted molar refractivity (Wildman–Crippen MR) is 101 cm³/mol. The molecule has 1 saturated heterocycles. The lowest BCUT2D eigenvalue weighted by atomic mass is 9.87. The van der Waals surface area contributed by atoms with E-state index in [2.05, 4.69) is 23.3 Å². The molecule has 140 valence electrons. The molecule has 26 heavy (non-hydrogen) atoms. The lowest BCUT2D eigenvalue weighted by Crippen LogP contribution is -2.36. The van der Waals surface area contributed by atoms with Crippen LogP contribution in [0.4, 0.5) is 0 Å². The predicted octanol–water partition coefficient (Wildman–Crippen LogP) is 1.79. The number of thioether (sulfide) groups is 1. The quantitative estimate of drug-likeness (QED) is 0.766. The van der Waals surface area contributed by atoms with Crippen LogP contribution >= 0.6 is 11.8 Å². The number of sulfone groups is 1. The summed E-state index contributed by atoms with van der Waals surface area (Å²) in [5.74, 6) is 0.0820. The molecule has 0 aromatic carbocycles. The molecule has 6 nitrogen and oxygen atoms in total. The molecule has 1 aliphatic heterocycles. The molecule has 0 radical (unpaired) electrons. The number of nitrogens with one attached hydrogen (secondary N) is 1. The number of rotatable bonds is 5. The number of hydrogen-bond acceptors (Lipinski definition) is 6. The summed E-state index contributed by atoms with van der Waals surface area (Å²) in [5, 5.41) is 13.0. The van der Waals surface area contributed by atoms with Gasteiger partial charge in [0.15, 0.2) is 9.84 Å². The van der Waals surface area contributed by atoms with Crippen LogP contribution < -0.4 is 5.32 Å². The van der Waals surface area contributed by atoms with Crippen molar-refractivity contribution in [2.75, 3.05) is 17.3 Å². The largest absolute Gasteiger partial charge is 0.352 e. The number of aromatic nitrogens is 1. The maximum absolute atomic E-state index is 12.2. The first-order valence-corrected chi connectivity index (χ1v) is 11.8. The summed E-state index contributed by atoms with van der Waals surface area (Å²) < 4.78 is 23.0. The van der Waals surface area contributed by atoms with Gasteiger partial charge in [-0.1, -0.05) is 18.7 Å². The van der Waals surface area contributed by atoms with E-state index < -0.39 is 9.84 Å². The van der Waals surface area contributed by atoms with Crippen molar-refractivity contribution in [1.82, 2.24) is 10.3 Å². The normalized spacial score (nSPS) is 21.0. The van der Waals surface area contributed by atoms with Gasteiger partial charge in [-0.05, 0) is 49.7 Å².